The fourth-order valence-corrected chi connectivity index (χ4v) is 2.58. The van der Waals surface area contributed by atoms with E-state index in [0.29, 0.717) is 5.56 Å². The minimum absolute atomic E-state index is 0.122. The summed E-state index contributed by atoms with van der Waals surface area (Å²) in [4.78, 5) is 0. The molecule has 1 aliphatic carbocycles. The summed E-state index contributed by atoms with van der Waals surface area (Å²) in [5.41, 5.74) is 5.45. The van der Waals surface area contributed by atoms with E-state index >= 15 is 0 Å². The van der Waals surface area contributed by atoms with Crippen molar-refractivity contribution >= 4 is 0 Å². The molecule has 3 nitrogen and oxygen atoms in total. The first-order valence-corrected chi connectivity index (χ1v) is 6.21. The normalized spacial score (nSPS) is 20.8. The third kappa shape index (κ3) is 1.94. The predicted octanol–water partition coefficient (Wildman–Crippen LogP) is 2.81. The molecule has 2 aliphatic rings. The van der Waals surface area contributed by atoms with Gasteiger partial charge in [-0.05, 0) is 25.3 Å². The van der Waals surface area contributed by atoms with Crippen molar-refractivity contribution in [3.8, 4) is 11.5 Å². The fraction of sp³-hybridized carbons (Fsp3) is 0.538. The molecule has 0 amide bonds. The van der Waals surface area contributed by atoms with Crippen LogP contribution < -0.4 is 15.2 Å². The summed E-state index contributed by atoms with van der Waals surface area (Å²) in [5, 5.41) is 0. The maximum atomic E-state index is 12.9. The molecule has 1 saturated carbocycles. The minimum atomic E-state index is -4.45. The Hall–Kier alpha value is -1.43. The van der Waals surface area contributed by atoms with E-state index in [1.807, 2.05) is 0 Å². The van der Waals surface area contributed by atoms with E-state index < -0.39 is 17.3 Å². The van der Waals surface area contributed by atoms with Crippen LogP contribution in [0.3, 0.4) is 0 Å². The molecule has 2 N–H and O–H groups in total. The number of benzene rings is 1. The van der Waals surface area contributed by atoms with Gasteiger partial charge in [-0.15, -0.1) is 0 Å². The molecule has 104 valence electrons. The van der Waals surface area contributed by atoms with Crippen molar-refractivity contribution in [1.29, 1.82) is 0 Å². The first-order valence-electron chi connectivity index (χ1n) is 6.21. The lowest BCUT2D eigenvalue weighted by Gasteiger charge is -2.40. The highest BCUT2D eigenvalue weighted by Crippen LogP contribution is 2.50. The molecule has 1 fully saturated rings. The van der Waals surface area contributed by atoms with Crippen molar-refractivity contribution < 1.29 is 22.6 Å². The zero-order chi connectivity index (χ0) is 13.7. The van der Waals surface area contributed by atoms with E-state index in [9.17, 15) is 13.2 Å². The smallest absolute Gasteiger partial charge is 0.420 e. The van der Waals surface area contributed by atoms with E-state index in [4.69, 9.17) is 15.2 Å². The van der Waals surface area contributed by atoms with Crippen LogP contribution in [0.25, 0.3) is 0 Å². The largest absolute Gasteiger partial charge is 0.486 e. The number of halogens is 3. The van der Waals surface area contributed by atoms with Crippen molar-refractivity contribution in [1.82, 2.24) is 0 Å². The predicted molar refractivity (Wildman–Crippen MR) is 62.2 cm³/mol. The number of hydrogen-bond acceptors (Lipinski definition) is 3. The Morgan fingerprint density at radius 2 is 1.68 bits per heavy atom. The maximum Gasteiger partial charge on any atom is 0.420 e. The Balaban J connectivity index is 2.14. The van der Waals surface area contributed by atoms with Crippen LogP contribution in [0.5, 0.6) is 11.5 Å². The van der Waals surface area contributed by atoms with Crippen molar-refractivity contribution in [2.45, 2.75) is 31.0 Å². The fourth-order valence-electron chi connectivity index (χ4n) is 2.58. The van der Waals surface area contributed by atoms with Crippen LogP contribution >= 0.6 is 0 Å². The highest BCUT2D eigenvalue weighted by Gasteiger charge is 2.42. The molecule has 1 aromatic carbocycles. The average Bonchev–Trinajstić information content (AvgIpc) is 2.33. The molecule has 0 aromatic heterocycles. The molecule has 3 rings (SSSR count). The van der Waals surface area contributed by atoms with Crippen LogP contribution in [-0.4, -0.2) is 13.2 Å². The third-order valence-corrected chi connectivity index (χ3v) is 3.78. The van der Waals surface area contributed by atoms with Crippen molar-refractivity contribution in [2.24, 2.45) is 5.73 Å². The van der Waals surface area contributed by atoms with E-state index in [1.165, 1.54) is 6.07 Å². The molecule has 1 heterocycles. The Kier molecular flexibility index (Phi) is 2.67. The number of ether oxygens (including phenoxy) is 2. The van der Waals surface area contributed by atoms with E-state index in [2.05, 4.69) is 0 Å². The standard InChI is InChI=1S/C13H14F3NO2/c14-13(15,16)9-3-2-8(12(17)4-1-5-12)10-11(9)19-7-6-18-10/h2-3H,1,4-7,17H2. The van der Waals surface area contributed by atoms with Crippen LogP contribution in [-0.2, 0) is 11.7 Å². The van der Waals surface area contributed by atoms with Crippen LogP contribution in [0.1, 0.15) is 30.4 Å². The maximum absolute atomic E-state index is 12.9. The van der Waals surface area contributed by atoms with Gasteiger partial charge in [0.05, 0.1) is 0 Å². The molecule has 0 bridgehead atoms. The van der Waals surface area contributed by atoms with Crippen LogP contribution in [0.2, 0.25) is 0 Å². The van der Waals surface area contributed by atoms with E-state index in [1.54, 1.807) is 0 Å². The van der Waals surface area contributed by atoms with Gasteiger partial charge in [0.1, 0.15) is 18.8 Å². The SMILES string of the molecule is NC1(c2ccc(C(F)(F)F)c3c2OCCO3)CCC1. The van der Waals surface area contributed by atoms with Gasteiger partial charge in [0.15, 0.2) is 11.5 Å². The Labute approximate surface area is 108 Å². The summed E-state index contributed by atoms with van der Waals surface area (Å²) in [7, 11) is 0. The van der Waals surface area contributed by atoms with Gasteiger partial charge in [0, 0.05) is 11.1 Å². The second-order valence-corrected chi connectivity index (χ2v) is 5.02. The lowest BCUT2D eigenvalue weighted by molar-refractivity contribution is -0.139. The molecule has 6 heteroatoms. The highest BCUT2D eigenvalue weighted by molar-refractivity contribution is 5.56. The molecule has 1 aromatic rings. The van der Waals surface area contributed by atoms with Gasteiger partial charge in [-0.3, -0.25) is 0 Å². The first kappa shape index (κ1) is 12.6. The van der Waals surface area contributed by atoms with Gasteiger partial charge >= 0.3 is 6.18 Å². The van der Waals surface area contributed by atoms with E-state index in [0.717, 1.165) is 25.3 Å². The second kappa shape index (κ2) is 4.03. The van der Waals surface area contributed by atoms with Gasteiger partial charge < -0.3 is 15.2 Å². The topological polar surface area (TPSA) is 44.5 Å². The van der Waals surface area contributed by atoms with Gasteiger partial charge in [-0.2, -0.15) is 13.2 Å². The highest BCUT2D eigenvalue weighted by atomic mass is 19.4. The van der Waals surface area contributed by atoms with Crippen molar-refractivity contribution in [2.75, 3.05) is 13.2 Å². The number of alkyl halides is 3. The average molecular weight is 273 g/mol. The quantitative estimate of drug-likeness (QED) is 0.855. The molecule has 0 atom stereocenters. The summed E-state index contributed by atoms with van der Waals surface area (Å²) in [5.74, 6) is -0.0451. The van der Waals surface area contributed by atoms with Gasteiger partial charge in [-0.1, -0.05) is 6.07 Å². The first-order chi connectivity index (χ1) is 8.92. The zero-order valence-corrected chi connectivity index (χ0v) is 10.2. The molecule has 1 aliphatic heterocycles. The summed E-state index contributed by atoms with van der Waals surface area (Å²) >= 11 is 0. The van der Waals surface area contributed by atoms with Gasteiger partial charge in [-0.25, -0.2) is 0 Å². The van der Waals surface area contributed by atoms with Gasteiger partial charge in [0.2, 0.25) is 0 Å². The van der Waals surface area contributed by atoms with E-state index in [-0.39, 0.29) is 24.7 Å². The number of rotatable bonds is 1. The Morgan fingerprint density at radius 1 is 1.05 bits per heavy atom. The second-order valence-electron chi connectivity index (χ2n) is 5.02. The monoisotopic (exact) mass is 273 g/mol. The lowest BCUT2D eigenvalue weighted by atomic mass is 9.72. The van der Waals surface area contributed by atoms with Gasteiger partial charge in [0.25, 0.3) is 0 Å². The number of nitrogens with two attached hydrogens (primary N) is 1. The Morgan fingerprint density at radius 3 is 2.21 bits per heavy atom. The number of fused-ring (bicyclic) bond motifs is 1. The minimum Gasteiger partial charge on any atom is -0.486 e. The van der Waals surface area contributed by atoms with Crippen LogP contribution in [0.15, 0.2) is 12.1 Å². The van der Waals surface area contributed by atoms with Crippen LogP contribution in [0, 0.1) is 0 Å². The summed E-state index contributed by atoms with van der Waals surface area (Å²) in [6, 6.07) is 2.46. The Bertz CT molecular complexity index is 509. The number of hydrogen-bond donors (Lipinski definition) is 1. The molecular formula is C13H14F3NO2. The lowest BCUT2D eigenvalue weighted by Crippen LogP contribution is -2.44. The molecule has 0 saturated heterocycles. The molecular weight excluding hydrogens is 259 g/mol. The molecule has 19 heavy (non-hydrogen) atoms. The summed E-state index contributed by atoms with van der Waals surface area (Å²) < 4.78 is 49.4. The third-order valence-electron chi connectivity index (χ3n) is 3.78. The summed E-state index contributed by atoms with van der Waals surface area (Å²) in [6.07, 6.45) is -1.96. The van der Waals surface area contributed by atoms with Crippen LogP contribution in [0.4, 0.5) is 13.2 Å². The molecule has 0 unspecified atom stereocenters. The van der Waals surface area contributed by atoms with Crippen molar-refractivity contribution in [3.63, 3.8) is 0 Å². The van der Waals surface area contributed by atoms with Crippen molar-refractivity contribution in [3.05, 3.63) is 23.3 Å². The summed E-state index contributed by atoms with van der Waals surface area (Å²) in [6.45, 7) is 0.370. The molecule has 0 radical (unpaired) electrons. The molecule has 0 spiro atoms. The zero-order valence-electron chi connectivity index (χ0n) is 10.2.